The highest BCUT2D eigenvalue weighted by Gasteiger charge is 2.40. The fourth-order valence-corrected chi connectivity index (χ4v) is 14.0. The average Bonchev–Trinajstić information content (AvgIpc) is 1.61. The molecular formula is C89H132N22O23. The Morgan fingerprint density at radius 2 is 0.828 bits per heavy atom. The fourth-order valence-electron chi connectivity index (χ4n) is 14.0. The van der Waals surface area contributed by atoms with Crippen molar-refractivity contribution in [3.63, 3.8) is 0 Å². The van der Waals surface area contributed by atoms with E-state index in [1.165, 1.54) is 33.1 Å². The Hall–Kier alpha value is -14.1. The van der Waals surface area contributed by atoms with Crippen LogP contribution in [0.25, 0.3) is 11.1 Å². The molecule has 0 aliphatic heterocycles. The van der Waals surface area contributed by atoms with Crippen LogP contribution in [0.3, 0.4) is 0 Å². The van der Waals surface area contributed by atoms with E-state index in [0.29, 0.717) is 5.56 Å². The minimum atomic E-state index is -1.93. The van der Waals surface area contributed by atoms with Gasteiger partial charge in [0.05, 0.1) is 26.3 Å². The van der Waals surface area contributed by atoms with E-state index in [9.17, 15) is 102 Å². The number of amides is 16. The molecule has 45 heteroatoms. The number of carboxylic acid groups (broad SMARTS) is 2. The second kappa shape index (κ2) is 57.9. The molecule has 0 heterocycles. The molecule has 736 valence electrons. The number of carbonyl (C=O) groups excluding carboxylic acids is 16. The molecule has 45 nitrogen and oxygen atoms in total. The molecule has 1 unspecified atom stereocenters. The van der Waals surface area contributed by atoms with E-state index in [4.69, 9.17) is 37.5 Å². The molecule has 1 aliphatic carbocycles. The third-order valence-electron chi connectivity index (χ3n) is 21.4. The zero-order chi connectivity index (χ0) is 100. The predicted octanol–water partition coefficient (Wildman–Crippen LogP) is -2.88. The number of aliphatic carboxylic acids is 2. The topological polar surface area (TPSA) is 717 Å². The van der Waals surface area contributed by atoms with Gasteiger partial charge >= 0.3 is 18.0 Å². The summed E-state index contributed by atoms with van der Waals surface area (Å²) in [4.78, 5) is 247. The number of alkyl carbamates (subject to hydrolysis) is 1. The number of hydrogen-bond acceptors (Lipinski definition) is 23. The quantitative estimate of drug-likeness (QED) is 0.0117. The molecule has 0 aromatic heterocycles. The molecule has 16 amide bonds. The van der Waals surface area contributed by atoms with Gasteiger partial charge in [-0.2, -0.15) is 0 Å². The first-order chi connectivity index (χ1) is 63.5. The third-order valence-corrected chi connectivity index (χ3v) is 21.4. The SMILES string of the molecule is C=CC[C@H](NC(=O)[C@H](COC)NC(=O)CNC(=O)[C@H](CCC(=O)O)NC(=O)[C@H](NC(=O)[C@@H](CO)NC(=O)[C@@H](CCCNC(=N)N)NC(=O)[C@@H](CC=C)NC(=O)[C@@H](CCC(N)=O)NC(=O)[C@H](NC(=O)[C@H](NC(=O)[C@@H](CCCNC(=N)N)NC(=O)[C@@H](CC(C)C)NC(=O)OCC1c2ccccc2-c2ccccc21)C(C)CC)C(C)C)C(C)C)C(=O)NCC(=O)N[C@@H](Cc1ccccc1)C(=O)O. The molecule has 0 radical (unpaired) electrons. The molecule has 0 fully saturated rings. The Balaban J connectivity index is 1.48. The van der Waals surface area contributed by atoms with Gasteiger partial charge in [0, 0.05) is 45.4 Å². The maximum atomic E-state index is 14.7. The number of aliphatic hydroxyl groups excluding tert-OH is 1. The molecule has 0 saturated carbocycles. The monoisotopic (exact) mass is 1880 g/mol. The summed E-state index contributed by atoms with van der Waals surface area (Å²) in [7, 11) is 1.17. The van der Waals surface area contributed by atoms with Crippen LogP contribution in [-0.2, 0) is 97.4 Å². The van der Waals surface area contributed by atoms with Crippen molar-refractivity contribution in [2.45, 2.75) is 223 Å². The van der Waals surface area contributed by atoms with Crippen molar-refractivity contribution in [2.24, 2.45) is 40.9 Å². The Morgan fingerprint density at radius 1 is 0.440 bits per heavy atom. The molecular weight excluding hydrogens is 1750 g/mol. The van der Waals surface area contributed by atoms with E-state index < -0.39 is 261 Å². The lowest BCUT2D eigenvalue weighted by Gasteiger charge is -2.31. The van der Waals surface area contributed by atoms with Crippen molar-refractivity contribution < 1.29 is 111 Å². The number of aliphatic hydroxyl groups is 1. The number of carbonyl (C=O) groups is 18. The van der Waals surface area contributed by atoms with Crippen LogP contribution in [0.15, 0.2) is 104 Å². The Labute approximate surface area is 776 Å². The van der Waals surface area contributed by atoms with Crippen LogP contribution in [-0.4, -0.2) is 266 Å². The van der Waals surface area contributed by atoms with Gasteiger partial charge < -0.3 is 132 Å². The van der Waals surface area contributed by atoms with Gasteiger partial charge in [-0.1, -0.05) is 153 Å². The number of primary amides is 1. The largest absolute Gasteiger partial charge is 0.481 e. The van der Waals surface area contributed by atoms with Crippen LogP contribution in [0.4, 0.5) is 4.79 Å². The molecule has 134 heavy (non-hydrogen) atoms. The minimum Gasteiger partial charge on any atom is -0.481 e. The molecule has 4 rings (SSSR count). The van der Waals surface area contributed by atoms with Gasteiger partial charge in [0.15, 0.2) is 11.9 Å². The number of nitrogens with two attached hydrogens (primary N) is 3. The second-order valence-corrected chi connectivity index (χ2v) is 33.2. The normalized spacial score (nSPS) is 14.5. The third kappa shape index (κ3) is 38.7. The van der Waals surface area contributed by atoms with Gasteiger partial charge in [0.25, 0.3) is 0 Å². The lowest BCUT2D eigenvalue weighted by Crippen LogP contribution is -2.62. The highest BCUT2D eigenvalue weighted by Crippen LogP contribution is 2.44. The van der Waals surface area contributed by atoms with Crippen LogP contribution in [0.5, 0.6) is 0 Å². The summed E-state index contributed by atoms with van der Waals surface area (Å²) >= 11 is 0. The number of carboxylic acids is 2. The first-order valence-corrected chi connectivity index (χ1v) is 44.0. The summed E-state index contributed by atoms with van der Waals surface area (Å²) in [6, 6.07) is 3.73. The predicted molar refractivity (Wildman–Crippen MR) is 490 cm³/mol. The summed E-state index contributed by atoms with van der Waals surface area (Å²) in [5.41, 5.74) is 21.1. The molecule has 28 N–H and O–H groups in total. The number of rotatable bonds is 61. The van der Waals surface area contributed by atoms with Crippen LogP contribution in [0, 0.1) is 34.5 Å². The van der Waals surface area contributed by atoms with Crippen molar-refractivity contribution in [3.8, 4) is 11.1 Å². The second-order valence-electron chi connectivity index (χ2n) is 33.2. The molecule has 3 aromatic rings. The Bertz CT molecular complexity index is 4550. The van der Waals surface area contributed by atoms with Crippen molar-refractivity contribution >= 4 is 119 Å². The van der Waals surface area contributed by atoms with Gasteiger partial charge in [-0.25, -0.2) is 9.59 Å². The summed E-state index contributed by atoms with van der Waals surface area (Å²) in [5.74, 6) is -21.5. The lowest BCUT2D eigenvalue weighted by molar-refractivity contribution is -0.142. The summed E-state index contributed by atoms with van der Waals surface area (Å²) in [5, 5.41) is 87.5. The van der Waals surface area contributed by atoms with Crippen LogP contribution in [0.2, 0.25) is 0 Å². The molecule has 0 spiro atoms. The zero-order valence-electron chi connectivity index (χ0n) is 76.8. The summed E-state index contributed by atoms with van der Waals surface area (Å²) in [6.07, 6.45) is -1.38. The van der Waals surface area contributed by atoms with Crippen LogP contribution >= 0.6 is 0 Å². The number of benzene rings is 3. The number of guanidine groups is 2. The zero-order valence-corrected chi connectivity index (χ0v) is 76.8. The highest BCUT2D eigenvalue weighted by molar-refractivity contribution is 6.01. The van der Waals surface area contributed by atoms with E-state index in [1.54, 1.807) is 58.0 Å². The maximum absolute atomic E-state index is 14.7. The van der Waals surface area contributed by atoms with Crippen molar-refractivity contribution in [1.82, 2.24) is 90.4 Å². The van der Waals surface area contributed by atoms with Gasteiger partial charge in [-0.05, 0) is 109 Å². The van der Waals surface area contributed by atoms with Crippen molar-refractivity contribution in [3.05, 3.63) is 121 Å². The molecule has 0 bridgehead atoms. The summed E-state index contributed by atoms with van der Waals surface area (Å²) in [6.45, 7) is 16.9. The summed E-state index contributed by atoms with van der Waals surface area (Å²) < 4.78 is 10.9. The van der Waals surface area contributed by atoms with E-state index >= 15 is 0 Å². The Morgan fingerprint density at radius 3 is 1.28 bits per heavy atom. The number of hydrogen-bond donors (Lipinski definition) is 25. The van der Waals surface area contributed by atoms with Crippen LogP contribution in [0.1, 0.15) is 155 Å². The number of fused-ring (bicyclic) bond motifs is 3. The van der Waals surface area contributed by atoms with Crippen molar-refractivity contribution in [2.75, 3.05) is 53.1 Å². The first kappa shape index (κ1) is 112. The van der Waals surface area contributed by atoms with Gasteiger partial charge in [0.1, 0.15) is 85.2 Å². The number of methoxy groups -OCH3 is 1. The molecule has 1 aliphatic rings. The average molecular weight is 1880 g/mol. The number of nitrogens with one attached hydrogen (secondary N) is 19. The Kier molecular flexibility index (Phi) is 48.5. The van der Waals surface area contributed by atoms with E-state index in [-0.39, 0.29) is 95.3 Å². The molecule has 3 aromatic carbocycles. The van der Waals surface area contributed by atoms with E-state index in [1.807, 2.05) is 62.4 Å². The minimum absolute atomic E-state index is 0.0405. The van der Waals surface area contributed by atoms with Gasteiger partial charge in [-0.3, -0.25) is 87.5 Å². The first-order valence-electron chi connectivity index (χ1n) is 44.0. The van der Waals surface area contributed by atoms with E-state index in [2.05, 4.69) is 104 Å². The smallest absolute Gasteiger partial charge is 0.407 e. The van der Waals surface area contributed by atoms with Gasteiger partial charge in [0.2, 0.25) is 88.6 Å². The van der Waals surface area contributed by atoms with Crippen molar-refractivity contribution in [1.29, 1.82) is 10.8 Å². The van der Waals surface area contributed by atoms with Gasteiger partial charge in [-0.15, -0.1) is 13.2 Å². The highest BCUT2D eigenvalue weighted by atomic mass is 16.5. The van der Waals surface area contributed by atoms with Crippen LogP contribution < -0.4 is 108 Å². The lowest BCUT2D eigenvalue weighted by atomic mass is 9.95. The fraction of sp³-hybridized carbons (Fsp3) is 0.528. The number of ether oxygens (including phenoxy) is 2. The molecule has 14 atom stereocenters. The molecule has 0 saturated heterocycles. The van der Waals surface area contributed by atoms with E-state index in [0.717, 1.165) is 22.3 Å². The maximum Gasteiger partial charge on any atom is 0.407 e. The standard InChI is InChI=1S/C89H132N22O23/c1-12-24-57(74(118)97-42-68(114)99-64(86(130)131)41-51-26-16-15-17-27-51)101-82(126)66(46-133-11)100-69(115)43-98-75(119)61(35-37-70(116)117)105-83(127)71(48(6)7)109-81(125)65(44-112)107-77(121)59(32-22-38-95-87(91)92)103-76(120)58(25-13-2)102-78(122)62(34-36-67(90)113)106-84(128)72(49(8)9)110-85(129)73(50(10)14-3)111-79(123)60(33-23-39-96-88(93)94)104-80(124)63(40-47(4)5)108-89(132)134-45-56-54-30-20-18-28-52(54)53-29-19-21-31-55(53)56/h12-13,15-21,26-31,47-50,56-66,71-73,112H,1-2,14,22-25,32-46H2,3-11H3,(H2,90,113)(H,97,118)(H,98,119)(H,99,114)(H,100,115)(H,101,126)(H,102,122)(H,103,120)(H,104,124)(H,105,127)(H,106,128)(H,107,121)(H,108,132)(H,109,125)(H,110,129)(H,111,123)(H,116,117)(H,130,131)(H4,91,92,95)(H4,93,94,96)/t50?,57-,58+,59+,60+,61-,62+,63+,64-,65+,66-,71+,72+,73+/m0/s1.